The Labute approximate surface area is 117 Å². The highest BCUT2D eigenvalue weighted by atomic mass is 79.9. The number of hydrogen-bond acceptors (Lipinski definition) is 3. The summed E-state index contributed by atoms with van der Waals surface area (Å²) in [6, 6.07) is 4.31. The maximum absolute atomic E-state index is 13.5. The zero-order valence-corrected chi connectivity index (χ0v) is 11.9. The van der Waals surface area contributed by atoms with Crippen LogP contribution in [0.15, 0.2) is 27.2 Å². The molecular formula is C13H11BrFNO3. The molecule has 0 aliphatic carbocycles. The molecule has 6 heteroatoms. The Kier molecular flexibility index (Phi) is 3.71. The van der Waals surface area contributed by atoms with Gasteiger partial charge < -0.3 is 9.63 Å². The maximum Gasteiger partial charge on any atom is 0.341 e. The summed E-state index contributed by atoms with van der Waals surface area (Å²) in [6.07, 6.45) is 0. The van der Waals surface area contributed by atoms with Crippen LogP contribution in [0.5, 0.6) is 0 Å². The fraction of sp³-hybridized carbons (Fsp3) is 0.231. The zero-order valence-electron chi connectivity index (χ0n) is 10.3. The van der Waals surface area contributed by atoms with Gasteiger partial charge in [0.2, 0.25) is 0 Å². The van der Waals surface area contributed by atoms with Crippen LogP contribution in [-0.2, 0) is 0 Å². The Morgan fingerprint density at radius 3 is 2.68 bits per heavy atom. The summed E-state index contributed by atoms with van der Waals surface area (Å²) < 4.78 is 18.9. The second-order valence-electron chi connectivity index (χ2n) is 4.36. The molecule has 0 aliphatic heterocycles. The number of hydrogen-bond donors (Lipinski definition) is 1. The highest BCUT2D eigenvalue weighted by Crippen LogP contribution is 2.31. The average molecular weight is 328 g/mol. The molecule has 0 amide bonds. The van der Waals surface area contributed by atoms with Crippen LogP contribution in [0.2, 0.25) is 0 Å². The van der Waals surface area contributed by atoms with Gasteiger partial charge in [0.25, 0.3) is 0 Å². The Morgan fingerprint density at radius 2 is 2.16 bits per heavy atom. The van der Waals surface area contributed by atoms with E-state index in [9.17, 15) is 14.3 Å². The molecule has 0 spiro atoms. The van der Waals surface area contributed by atoms with Crippen LogP contribution in [0, 0.1) is 5.82 Å². The van der Waals surface area contributed by atoms with Crippen LogP contribution in [-0.4, -0.2) is 16.2 Å². The number of carboxylic acids is 1. The third-order valence-electron chi connectivity index (χ3n) is 2.65. The molecule has 2 rings (SSSR count). The zero-order chi connectivity index (χ0) is 14.2. The lowest BCUT2D eigenvalue weighted by atomic mass is 10.0. The minimum Gasteiger partial charge on any atom is -0.477 e. The topological polar surface area (TPSA) is 63.3 Å². The summed E-state index contributed by atoms with van der Waals surface area (Å²) in [5.41, 5.74) is 0.494. The van der Waals surface area contributed by atoms with Gasteiger partial charge in [-0.1, -0.05) is 25.1 Å². The maximum atomic E-state index is 13.5. The number of halogens is 2. The number of rotatable bonds is 3. The molecule has 1 aromatic carbocycles. The van der Waals surface area contributed by atoms with Gasteiger partial charge in [0, 0.05) is 11.5 Å². The quantitative estimate of drug-likeness (QED) is 0.923. The number of carboxylic acid groups (broad SMARTS) is 1. The van der Waals surface area contributed by atoms with E-state index in [1.165, 1.54) is 12.1 Å². The van der Waals surface area contributed by atoms with E-state index in [1.54, 1.807) is 19.9 Å². The van der Waals surface area contributed by atoms with E-state index >= 15 is 0 Å². The third kappa shape index (κ3) is 2.53. The number of nitrogens with zero attached hydrogens (tertiary/aromatic N) is 1. The van der Waals surface area contributed by atoms with Gasteiger partial charge in [-0.25, -0.2) is 9.18 Å². The number of carbonyl (C=O) groups is 1. The Morgan fingerprint density at radius 1 is 1.47 bits per heavy atom. The molecule has 0 atom stereocenters. The van der Waals surface area contributed by atoms with E-state index in [0.29, 0.717) is 10.0 Å². The molecule has 1 aromatic heterocycles. The molecule has 0 bridgehead atoms. The fourth-order valence-corrected chi connectivity index (χ4v) is 1.99. The van der Waals surface area contributed by atoms with E-state index in [1.807, 2.05) is 0 Å². The van der Waals surface area contributed by atoms with Gasteiger partial charge in [0.15, 0.2) is 5.76 Å². The van der Waals surface area contributed by atoms with Gasteiger partial charge in [0.05, 0.1) is 4.47 Å². The molecule has 19 heavy (non-hydrogen) atoms. The number of aromatic carboxylic acids is 1. The molecule has 0 fully saturated rings. The van der Waals surface area contributed by atoms with Gasteiger partial charge in [-0.3, -0.25) is 0 Å². The van der Waals surface area contributed by atoms with E-state index in [-0.39, 0.29) is 22.9 Å². The summed E-state index contributed by atoms with van der Waals surface area (Å²) in [5.74, 6) is -1.45. The van der Waals surface area contributed by atoms with E-state index in [2.05, 4.69) is 21.1 Å². The number of benzene rings is 1. The minimum absolute atomic E-state index is 0.0169. The van der Waals surface area contributed by atoms with E-state index in [0.717, 1.165) is 0 Å². The van der Waals surface area contributed by atoms with E-state index < -0.39 is 11.8 Å². The number of aromatic nitrogens is 1. The van der Waals surface area contributed by atoms with Crippen molar-refractivity contribution in [3.63, 3.8) is 0 Å². The van der Waals surface area contributed by atoms with Crippen molar-refractivity contribution >= 4 is 21.9 Å². The van der Waals surface area contributed by atoms with Crippen molar-refractivity contribution in [1.29, 1.82) is 0 Å². The molecule has 0 saturated carbocycles. The second kappa shape index (κ2) is 5.13. The lowest BCUT2D eigenvalue weighted by Crippen LogP contribution is -2.02. The van der Waals surface area contributed by atoms with Crippen LogP contribution in [0.3, 0.4) is 0 Å². The first-order chi connectivity index (χ1) is 8.91. The predicted molar refractivity (Wildman–Crippen MR) is 70.6 cm³/mol. The highest BCUT2D eigenvalue weighted by molar-refractivity contribution is 9.10. The smallest absolute Gasteiger partial charge is 0.341 e. The SMILES string of the molecule is CC(C)c1onc(-c2ccc(Br)c(F)c2)c1C(=O)O. The summed E-state index contributed by atoms with van der Waals surface area (Å²) in [4.78, 5) is 11.3. The molecule has 0 aliphatic rings. The molecule has 2 aromatic rings. The monoisotopic (exact) mass is 327 g/mol. The lowest BCUT2D eigenvalue weighted by molar-refractivity contribution is 0.0694. The van der Waals surface area contributed by atoms with Crippen molar-refractivity contribution in [2.75, 3.05) is 0 Å². The molecular weight excluding hydrogens is 317 g/mol. The Bertz CT molecular complexity index is 637. The lowest BCUT2D eigenvalue weighted by Gasteiger charge is -2.02. The van der Waals surface area contributed by atoms with Crippen molar-refractivity contribution in [1.82, 2.24) is 5.16 Å². The summed E-state index contributed by atoms with van der Waals surface area (Å²) in [5, 5.41) is 13.0. The average Bonchev–Trinajstić information content (AvgIpc) is 2.77. The normalized spacial score (nSPS) is 11.0. The summed E-state index contributed by atoms with van der Waals surface area (Å²) in [7, 11) is 0. The Hall–Kier alpha value is -1.69. The molecule has 100 valence electrons. The first kappa shape index (κ1) is 13.7. The van der Waals surface area contributed by atoms with Gasteiger partial charge in [-0.15, -0.1) is 0 Å². The van der Waals surface area contributed by atoms with Crippen LogP contribution < -0.4 is 0 Å². The van der Waals surface area contributed by atoms with Gasteiger partial charge in [-0.05, 0) is 28.1 Å². The standard InChI is InChI=1S/C13H11BrFNO3/c1-6(2)12-10(13(17)18)11(16-19-12)7-3-4-8(14)9(15)5-7/h3-6H,1-2H3,(H,17,18). The largest absolute Gasteiger partial charge is 0.477 e. The van der Waals surface area contributed by atoms with Gasteiger partial charge in [-0.2, -0.15) is 0 Å². The first-order valence-electron chi connectivity index (χ1n) is 5.60. The van der Waals surface area contributed by atoms with Crippen LogP contribution in [0.4, 0.5) is 4.39 Å². The van der Waals surface area contributed by atoms with Crippen molar-refractivity contribution in [3.05, 3.63) is 39.8 Å². The molecule has 1 N–H and O–H groups in total. The Balaban J connectivity index is 2.62. The predicted octanol–water partition coefficient (Wildman–Crippen LogP) is 4.06. The van der Waals surface area contributed by atoms with Crippen molar-refractivity contribution in [2.45, 2.75) is 19.8 Å². The summed E-state index contributed by atoms with van der Waals surface area (Å²) >= 11 is 3.04. The molecule has 0 unspecified atom stereocenters. The highest BCUT2D eigenvalue weighted by Gasteiger charge is 2.25. The first-order valence-corrected chi connectivity index (χ1v) is 6.39. The van der Waals surface area contributed by atoms with Gasteiger partial charge >= 0.3 is 5.97 Å². The third-order valence-corrected chi connectivity index (χ3v) is 3.29. The van der Waals surface area contributed by atoms with Crippen molar-refractivity contribution < 1.29 is 18.8 Å². The molecule has 4 nitrogen and oxygen atoms in total. The molecule has 0 saturated heterocycles. The van der Waals surface area contributed by atoms with Gasteiger partial charge in [0.1, 0.15) is 17.1 Å². The molecule has 0 radical (unpaired) electrons. The second-order valence-corrected chi connectivity index (χ2v) is 5.21. The van der Waals surface area contributed by atoms with Crippen LogP contribution in [0.1, 0.15) is 35.9 Å². The van der Waals surface area contributed by atoms with Crippen molar-refractivity contribution in [2.24, 2.45) is 0 Å². The summed E-state index contributed by atoms with van der Waals surface area (Å²) in [6.45, 7) is 3.61. The van der Waals surface area contributed by atoms with E-state index in [4.69, 9.17) is 4.52 Å². The fourth-order valence-electron chi connectivity index (χ4n) is 1.74. The van der Waals surface area contributed by atoms with Crippen molar-refractivity contribution in [3.8, 4) is 11.3 Å². The molecule has 1 heterocycles. The minimum atomic E-state index is -1.14. The van der Waals surface area contributed by atoms with Crippen LogP contribution in [0.25, 0.3) is 11.3 Å². The van der Waals surface area contributed by atoms with Crippen LogP contribution >= 0.6 is 15.9 Å².